The molecule has 25 heavy (non-hydrogen) atoms. The van der Waals surface area contributed by atoms with E-state index < -0.39 is 5.82 Å². The van der Waals surface area contributed by atoms with Crippen LogP contribution >= 0.6 is 0 Å². The highest BCUT2D eigenvalue weighted by Crippen LogP contribution is 2.29. The van der Waals surface area contributed by atoms with Crippen LogP contribution in [0.3, 0.4) is 0 Å². The normalized spacial score (nSPS) is 20.1. The summed E-state index contributed by atoms with van der Waals surface area (Å²) in [4.78, 5) is 14.5. The quantitative estimate of drug-likeness (QED) is 0.830. The van der Waals surface area contributed by atoms with Gasteiger partial charge in [-0.05, 0) is 19.1 Å². The van der Waals surface area contributed by atoms with Gasteiger partial charge in [-0.1, -0.05) is 11.2 Å². The first kappa shape index (κ1) is 17.4. The van der Waals surface area contributed by atoms with E-state index in [1.54, 1.807) is 18.1 Å². The first-order valence-electron chi connectivity index (χ1n) is 8.10. The van der Waals surface area contributed by atoms with Crippen LogP contribution in [0.25, 0.3) is 0 Å². The molecule has 1 amide bonds. The second kappa shape index (κ2) is 7.23. The summed E-state index contributed by atoms with van der Waals surface area (Å²) in [7, 11) is 2.98. The largest absolute Gasteiger partial charge is 0.493 e. The molecule has 7 heteroatoms. The van der Waals surface area contributed by atoms with Crippen LogP contribution in [0.5, 0.6) is 5.75 Å². The van der Waals surface area contributed by atoms with Gasteiger partial charge in [-0.2, -0.15) is 0 Å². The van der Waals surface area contributed by atoms with Crippen molar-refractivity contribution < 1.29 is 23.2 Å². The van der Waals surface area contributed by atoms with Gasteiger partial charge >= 0.3 is 0 Å². The molecule has 2 aromatic rings. The molecule has 2 atom stereocenters. The molecule has 134 valence electrons. The number of benzene rings is 1. The number of aromatic nitrogens is 1. The molecule has 0 N–H and O–H groups in total. The monoisotopic (exact) mass is 348 g/mol. The zero-order chi connectivity index (χ0) is 18.0. The van der Waals surface area contributed by atoms with Crippen molar-refractivity contribution >= 4 is 5.91 Å². The molecule has 1 aromatic heterocycles. The first-order chi connectivity index (χ1) is 12.0. The van der Waals surface area contributed by atoms with E-state index in [2.05, 4.69) is 5.16 Å². The predicted molar refractivity (Wildman–Crippen MR) is 88.1 cm³/mol. The number of halogens is 1. The maximum atomic E-state index is 13.9. The van der Waals surface area contributed by atoms with Gasteiger partial charge in [0, 0.05) is 38.6 Å². The molecule has 1 aromatic carbocycles. The SMILES string of the molecule is COc1c(F)cccc1C(=O)N1C[C@@H](Cc2cc(C)no2)[C@@H](OC)C1. The van der Waals surface area contributed by atoms with E-state index in [9.17, 15) is 9.18 Å². The maximum absolute atomic E-state index is 13.9. The van der Waals surface area contributed by atoms with Gasteiger partial charge < -0.3 is 18.9 Å². The van der Waals surface area contributed by atoms with E-state index in [4.69, 9.17) is 14.0 Å². The second-order valence-corrected chi connectivity index (χ2v) is 6.20. The van der Waals surface area contributed by atoms with Gasteiger partial charge in [-0.25, -0.2) is 4.39 Å². The lowest BCUT2D eigenvalue weighted by Crippen LogP contribution is -2.30. The Morgan fingerprint density at radius 1 is 1.40 bits per heavy atom. The lowest BCUT2D eigenvalue weighted by atomic mass is 10.0. The molecule has 1 aliphatic rings. The zero-order valence-electron chi connectivity index (χ0n) is 14.5. The van der Waals surface area contributed by atoms with Gasteiger partial charge in [-0.15, -0.1) is 0 Å². The highest BCUT2D eigenvalue weighted by atomic mass is 19.1. The fourth-order valence-electron chi connectivity index (χ4n) is 3.30. The number of rotatable bonds is 5. The second-order valence-electron chi connectivity index (χ2n) is 6.20. The molecule has 6 nitrogen and oxygen atoms in total. The van der Waals surface area contributed by atoms with Crippen LogP contribution in [-0.4, -0.2) is 49.4 Å². The summed E-state index contributed by atoms with van der Waals surface area (Å²) in [6.45, 7) is 2.80. The number of carbonyl (C=O) groups is 1. The molecular formula is C18H21FN2O4. The van der Waals surface area contributed by atoms with Crippen LogP contribution < -0.4 is 4.74 Å². The third-order valence-electron chi connectivity index (χ3n) is 4.51. The smallest absolute Gasteiger partial charge is 0.257 e. The molecule has 1 fully saturated rings. The fourth-order valence-corrected chi connectivity index (χ4v) is 3.30. The molecule has 0 unspecified atom stereocenters. The number of nitrogens with zero attached hydrogens (tertiary/aromatic N) is 2. The van der Waals surface area contributed by atoms with Crippen LogP contribution in [0.4, 0.5) is 4.39 Å². The Kier molecular flexibility index (Phi) is 5.03. The Bertz CT molecular complexity index is 761. The fraction of sp³-hybridized carbons (Fsp3) is 0.444. The number of hydrogen-bond acceptors (Lipinski definition) is 5. The van der Waals surface area contributed by atoms with E-state index >= 15 is 0 Å². The summed E-state index contributed by atoms with van der Waals surface area (Å²) in [5.74, 6) is -0.00186. The van der Waals surface area contributed by atoms with Gasteiger partial charge in [0.25, 0.3) is 5.91 Å². The standard InChI is InChI=1S/C18H21FN2O4/c1-11-7-13(25-20-11)8-12-9-21(10-16(12)23-2)18(22)14-5-4-6-15(19)17(14)24-3/h4-7,12,16H,8-10H2,1-3H3/t12-,16+/m1/s1. The summed E-state index contributed by atoms with van der Waals surface area (Å²) in [5, 5.41) is 3.89. The van der Waals surface area contributed by atoms with E-state index in [1.807, 2.05) is 13.0 Å². The molecule has 0 radical (unpaired) electrons. The molecular weight excluding hydrogens is 327 g/mol. The molecule has 0 bridgehead atoms. The van der Waals surface area contributed by atoms with Crippen LogP contribution in [0.1, 0.15) is 21.8 Å². The molecule has 1 aliphatic heterocycles. The van der Waals surface area contributed by atoms with Crippen molar-refractivity contribution in [3.05, 3.63) is 47.1 Å². The van der Waals surface area contributed by atoms with Gasteiger partial charge in [-0.3, -0.25) is 4.79 Å². The van der Waals surface area contributed by atoms with Gasteiger partial charge in [0.05, 0.1) is 24.5 Å². The molecule has 3 rings (SSSR count). The van der Waals surface area contributed by atoms with Crippen molar-refractivity contribution in [1.82, 2.24) is 10.1 Å². The van der Waals surface area contributed by atoms with Crippen molar-refractivity contribution in [3.8, 4) is 5.75 Å². The van der Waals surface area contributed by atoms with Gasteiger partial charge in [0.15, 0.2) is 11.6 Å². The Morgan fingerprint density at radius 3 is 2.84 bits per heavy atom. The van der Waals surface area contributed by atoms with Crippen molar-refractivity contribution in [2.24, 2.45) is 5.92 Å². The maximum Gasteiger partial charge on any atom is 0.257 e. The summed E-state index contributed by atoms with van der Waals surface area (Å²) in [6, 6.07) is 6.22. The van der Waals surface area contributed by atoms with E-state index in [-0.39, 0.29) is 29.2 Å². The minimum atomic E-state index is -0.551. The van der Waals surface area contributed by atoms with Crippen molar-refractivity contribution in [3.63, 3.8) is 0 Å². The van der Waals surface area contributed by atoms with Crippen LogP contribution in [-0.2, 0) is 11.2 Å². The number of carbonyl (C=O) groups excluding carboxylic acids is 1. The average Bonchev–Trinajstić information content (AvgIpc) is 3.20. The van der Waals surface area contributed by atoms with Gasteiger partial charge in [0.2, 0.25) is 0 Å². The average molecular weight is 348 g/mol. The van der Waals surface area contributed by atoms with Crippen molar-refractivity contribution in [1.29, 1.82) is 0 Å². The minimum Gasteiger partial charge on any atom is -0.493 e. The van der Waals surface area contributed by atoms with E-state index in [0.29, 0.717) is 19.5 Å². The van der Waals surface area contributed by atoms with E-state index in [0.717, 1.165) is 11.5 Å². The molecule has 2 heterocycles. The lowest BCUT2D eigenvalue weighted by Gasteiger charge is -2.18. The Morgan fingerprint density at radius 2 is 2.20 bits per heavy atom. The Balaban J connectivity index is 1.77. The summed E-state index contributed by atoms with van der Waals surface area (Å²) in [6.07, 6.45) is 0.512. The summed E-state index contributed by atoms with van der Waals surface area (Å²) in [5.41, 5.74) is 1.04. The number of ether oxygens (including phenoxy) is 2. The first-order valence-corrected chi connectivity index (χ1v) is 8.10. The number of amides is 1. The molecule has 0 aliphatic carbocycles. The predicted octanol–water partition coefficient (Wildman–Crippen LogP) is 2.46. The third kappa shape index (κ3) is 3.51. The van der Waals surface area contributed by atoms with E-state index in [1.165, 1.54) is 19.2 Å². The number of aryl methyl sites for hydroxylation is 1. The third-order valence-corrected chi connectivity index (χ3v) is 4.51. The lowest BCUT2D eigenvalue weighted by molar-refractivity contribution is 0.0670. The van der Waals surface area contributed by atoms with Crippen LogP contribution in [0.15, 0.2) is 28.8 Å². The topological polar surface area (TPSA) is 64.8 Å². The molecule has 0 saturated carbocycles. The molecule has 1 saturated heterocycles. The molecule has 0 spiro atoms. The van der Waals surface area contributed by atoms with Crippen LogP contribution in [0.2, 0.25) is 0 Å². The number of hydrogen-bond donors (Lipinski definition) is 0. The van der Waals surface area contributed by atoms with Crippen molar-refractivity contribution in [2.45, 2.75) is 19.4 Å². The van der Waals surface area contributed by atoms with Crippen LogP contribution in [0, 0.1) is 18.7 Å². The highest BCUT2D eigenvalue weighted by molar-refractivity contribution is 5.97. The summed E-state index contributed by atoms with van der Waals surface area (Å²) < 4.78 is 29.7. The Hall–Kier alpha value is -2.41. The van der Waals surface area contributed by atoms with Gasteiger partial charge in [0.1, 0.15) is 5.76 Å². The Labute approximate surface area is 145 Å². The van der Waals surface area contributed by atoms with Crippen molar-refractivity contribution in [2.75, 3.05) is 27.3 Å². The summed E-state index contributed by atoms with van der Waals surface area (Å²) >= 11 is 0. The highest BCUT2D eigenvalue weighted by Gasteiger charge is 2.37. The number of methoxy groups -OCH3 is 2. The number of likely N-dealkylation sites (tertiary alicyclic amines) is 1. The number of para-hydroxylation sites is 1. The zero-order valence-corrected chi connectivity index (χ0v) is 14.5. The minimum absolute atomic E-state index is 0.0317.